The van der Waals surface area contributed by atoms with E-state index in [1.807, 2.05) is 0 Å². The third kappa shape index (κ3) is 5.17. The number of halogens is 1. The molecule has 3 aromatic rings. The van der Waals surface area contributed by atoms with Crippen LogP contribution < -0.4 is 15.8 Å². The predicted molar refractivity (Wildman–Crippen MR) is 109 cm³/mol. The lowest BCUT2D eigenvalue weighted by atomic mass is 10.2. The molecule has 3 aromatic carbocycles. The van der Waals surface area contributed by atoms with E-state index in [2.05, 4.69) is 10.6 Å². The van der Waals surface area contributed by atoms with E-state index < -0.39 is 22.8 Å². The van der Waals surface area contributed by atoms with Gasteiger partial charge in [0.25, 0.3) is 5.69 Å². The summed E-state index contributed by atoms with van der Waals surface area (Å²) in [6.07, 6.45) is 0. The lowest BCUT2D eigenvalue weighted by Gasteiger charge is -2.09. The van der Waals surface area contributed by atoms with Gasteiger partial charge in [0.1, 0.15) is 0 Å². The summed E-state index contributed by atoms with van der Waals surface area (Å²) in [6.45, 7) is 0. The van der Waals surface area contributed by atoms with Crippen molar-refractivity contribution in [2.24, 2.45) is 0 Å². The van der Waals surface area contributed by atoms with E-state index >= 15 is 0 Å². The zero-order valence-electron chi connectivity index (χ0n) is 14.9. The van der Waals surface area contributed by atoms with Crippen LogP contribution in [0, 0.1) is 10.3 Å². The van der Waals surface area contributed by atoms with Crippen LogP contribution in [0.5, 0.6) is 0 Å². The predicted octanol–water partition coefficient (Wildman–Crippen LogP) is 3.27. The van der Waals surface area contributed by atoms with Gasteiger partial charge in [0.2, 0.25) is 5.97 Å². The standard InChI is InChI=1S/C20H15FN4O3S/c21-19(22)13-2-1-3-16(12-13)24-20(26)23-14-4-8-17(9-5-14)29(28)18-10-6-15(25-27)7-11-18/h1-12,22H,(H2,23,24,26)/p+1. The first kappa shape index (κ1) is 20.0. The number of carbonyl (C=O) groups excluding carboxylic acids is 1. The van der Waals surface area contributed by atoms with Crippen molar-refractivity contribution in [2.45, 2.75) is 9.79 Å². The Labute approximate surface area is 167 Å². The summed E-state index contributed by atoms with van der Waals surface area (Å²) in [5.41, 5.74) is 1.26. The van der Waals surface area contributed by atoms with Crippen LogP contribution in [0.2, 0.25) is 0 Å². The average molecular weight is 411 g/mol. The lowest BCUT2D eigenvalue weighted by Crippen LogP contribution is -2.55. The maximum absolute atomic E-state index is 13.0. The summed E-state index contributed by atoms with van der Waals surface area (Å²) in [6, 6.07) is 18.1. The van der Waals surface area contributed by atoms with Gasteiger partial charge in [-0.3, -0.25) is 5.41 Å². The molecule has 0 fully saturated rings. The third-order valence-corrected chi connectivity index (χ3v) is 5.29. The van der Waals surface area contributed by atoms with Gasteiger partial charge in [-0.2, -0.15) is 4.39 Å². The van der Waals surface area contributed by atoms with Gasteiger partial charge in [0.05, 0.1) is 10.8 Å². The zero-order valence-corrected chi connectivity index (χ0v) is 15.8. The Bertz CT molecular complexity index is 1090. The number of anilines is 2. The van der Waals surface area contributed by atoms with Crippen LogP contribution in [0.4, 0.5) is 26.2 Å². The molecule has 0 radical (unpaired) electrons. The van der Waals surface area contributed by atoms with Crippen molar-refractivity contribution in [3.05, 3.63) is 83.3 Å². The fourth-order valence-electron chi connectivity index (χ4n) is 2.47. The molecule has 0 aromatic heterocycles. The van der Waals surface area contributed by atoms with Crippen LogP contribution in [0.15, 0.2) is 82.6 Å². The van der Waals surface area contributed by atoms with Crippen molar-refractivity contribution >= 4 is 39.9 Å². The molecule has 2 amide bonds. The minimum atomic E-state index is -1.43. The number of carbonyl (C=O) groups is 1. The number of amides is 2. The first-order valence-corrected chi connectivity index (χ1v) is 9.54. The van der Waals surface area contributed by atoms with Crippen molar-refractivity contribution in [1.82, 2.24) is 0 Å². The van der Waals surface area contributed by atoms with Gasteiger partial charge in [-0.1, -0.05) is 12.1 Å². The molecule has 7 nitrogen and oxygen atoms in total. The van der Waals surface area contributed by atoms with E-state index in [1.54, 1.807) is 59.8 Å². The van der Waals surface area contributed by atoms with Crippen molar-refractivity contribution < 1.29 is 18.6 Å². The molecule has 0 aliphatic rings. The van der Waals surface area contributed by atoms with Crippen molar-refractivity contribution in [3.63, 3.8) is 0 Å². The number of benzene rings is 3. The number of nitroso groups, excluding NO2 is 1. The normalized spacial score (nSPS) is 11.3. The highest BCUT2D eigenvalue weighted by Crippen LogP contribution is 2.20. The minimum absolute atomic E-state index is 0.0636. The lowest BCUT2D eigenvalue weighted by molar-refractivity contribution is -0.379. The largest absolute Gasteiger partial charge is 0.323 e. The van der Waals surface area contributed by atoms with Crippen LogP contribution >= 0.6 is 0 Å². The summed E-state index contributed by atoms with van der Waals surface area (Å²) in [7, 11) is -1.43. The molecule has 29 heavy (non-hydrogen) atoms. The van der Waals surface area contributed by atoms with E-state index in [1.165, 1.54) is 18.2 Å². The van der Waals surface area contributed by atoms with Crippen LogP contribution in [-0.4, -0.2) is 16.2 Å². The summed E-state index contributed by atoms with van der Waals surface area (Å²) >= 11 is 0. The molecule has 0 saturated heterocycles. The van der Waals surface area contributed by atoms with Gasteiger partial charge in [-0.15, -0.1) is 0 Å². The topological polar surface area (TPSA) is 113 Å². The Kier molecular flexibility index (Phi) is 6.20. The van der Waals surface area contributed by atoms with Crippen LogP contribution in [-0.2, 0) is 10.8 Å². The molecule has 0 saturated carbocycles. The second-order valence-corrected chi connectivity index (χ2v) is 7.37. The summed E-state index contributed by atoms with van der Waals surface area (Å²) in [5, 5.41) is 13.9. The van der Waals surface area contributed by atoms with Crippen LogP contribution in [0.25, 0.3) is 0 Å². The number of urea groups is 1. The smallest absolute Gasteiger partial charge is 0.308 e. The summed E-state index contributed by atoms with van der Waals surface area (Å²) in [5.74, 6) is -1.09. The van der Waals surface area contributed by atoms with E-state index in [4.69, 9.17) is 5.41 Å². The molecule has 0 aliphatic heterocycles. The molecule has 1 atom stereocenters. The van der Waals surface area contributed by atoms with E-state index in [0.29, 0.717) is 26.9 Å². The fraction of sp³-hybridized carbons (Fsp3) is 0. The monoisotopic (exact) mass is 411 g/mol. The number of nitrogens with one attached hydrogen (secondary N) is 4. The Morgan fingerprint density at radius 3 is 2.07 bits per heavy atom. The Morgan fingerprint density at radius 1 is 0.897 bits per heavy atom. The third-order valence-electron chi connectivity index (χ3n) is 3.89. The summed E-state index contributed by atoms with van der Waals surface area (Å²) in [4.78, 5) is 23.8. The molecule has 3 rings (SSSR count). The van der Waals surface area contributed by atoms with Crippen molar-refractivity contribution in [2.75, 3.05) is 10.6 Å². The second kappa shape index (κ2) is 8.98. The maximum atomic E-state index is 13.0. The molecule has 0 bridgehead atoms. The second-order valence-electron chi connectivity index (χ2n) is 5.89. The molecule has 0 spiro atoms. The Morgan fingerprint density at radius 2 is 1.48 bits per heavy atom. The summed E-state index contributed by atoms with van der Waals surface area (Å²) < 4.78 is 25.5. The highest BCUT2D eigenvalue weighted by Gasteiger charge is 2.10. The molecular weight excluding hydrogens is 395 g/mol. The molecule has 1 unspecified atom stereocenters. The van der Waals surface area contributed by atoms with Crippen molar-refractivity contribution in [1.29, 1.82) is 5.41 Å². The van der Waals surface area contributed by atoms with Crippen molar-refractivity contribution in [3.8, 4) is 0 Å². The highest BCUT2D eigenvalue weighted by molar-refractivity contribution is 7.85. The average Bonchev–Trinajstić information content (AvgIpc) is 2.74. The van der Waals surface area contributed by atoms with Crippen LogP contribution in [0.3, 0.4) is 0 Å². The Hall–Kier alpha value is -3.72. The highest BCUT2D eigenvalue weighted by atomic mass is 32.2. The van der Waals surface area contributed by atoms with Gasteiger partial charge < -0.3 is 10.6 Å². The first-order chi connectivity index (χ1) is 14.0. The SMILES string of the molecule is N=C(F)c1cccc(NC(=O)Nc2ccc(S(=O)c3ccc([NH+]=O)cc3)cc2)c1. The first-order valence-electron chi connectivity index (χ1n) is 8.39. The molecule has 0 aliphatic carbocycles. The maximum Gasteiger partial charge on any atom is 0.323 e. The zero-order chi connectivity index (χ0) is 20.8. The molecule has 4 N–H and O–H groups in total. The number of hydrogen-bond donors (Lipinski definition) is 4. The fourth-order valence-corrected chi connectivity index (χ4v) is 3.51. The van der Waals surface area contributed by atoms with Gasteiger partial charge in [-0.25, -0.2) is 9.00 Å². The van der Waals surface area contributed by atoms with E-state index in [0.717, 1.165) is 0 Å². The molecule has 146 valence electrons. The van der Waals surface area contributed by atoms with E-state index in [-0.39, 0.29) is 5.56 Å². The number of rotatable bonds is 6. The number of hydrogen-bond acceptors (Lipinski definition) is 4. The molecular formula is C20H16FN4O3S+. The van der Waals surface area contributed by atoms with Gasteiger partial charge in [0.15, 0.2) is 0 Å². The van der Waals surface area contributed by atoms with E-state index in [9.17, 15) is 18.3 Å². The van der Waals surface area contributed by atoms with Gasteiger partial charge >= 0.3 is 6.03 Å². The van der Waals surface area contributed by atoms with Crippen LogP contribution in [0.1, 0.15) is 5.56 Å². The van der Waals surface area contributed by atoms with Gasteiger partial charge in [0, 0.05) is 48.9 Å². The quantitative estimate of drug-likeness (QED) is 0.467. The van der Waals surface area contributed by atoms with Gasteiger partial charge in [-0.05, 0) is 48.5 Å². The Balaban J connectivity index is 1.64. The molecule has 0 heterocycles. The minimum Gasteiger partial charge on any atom is -0.308 e. The molecule has 9 heteroatoms.